The maximum atomic E-state index is 12.0. The molecule has 106 valence electrons. The maximum Gasteiger partial charge on any atom is 0.330 e. The molecule has 0 fully saturated rings. The summed E-state index contributed by atoms with van der Waals surface area (Å²) in [6, 6.07) is 3.99. The molecule has 0 aliphatic rings. The number of phenols is 2. The largest absolute Gasteiger partial charge is 0.508 e. The van der Waals surface area contributed by atoms with E-state index >= 15 is 0 Å². The van der Waals surface area contributed by atoms with Gasteiger partial charge in [0.1, 0.15) is 17.0 Å². The van der Waals surface area contributed by atoms with Crippen LogP contribution in [0.15, 0.2) is 18.2 Å². The molecule has 1 aromatic carbocycles. The first-order valence-corrected chi connectivity index (χ1v) is 5.80. The zero-order valence-corrected chi connectivity index (χ0v) is 11.3. The lowest BCUT2D eigenvalue weighted by Gasteiger charge is -2.28. The van der Waals surface area contributed by atoms with Crippen molar-refractivity contribution in [2.45, 2.75) is 12.5 Å². The van der Waals surface area contributed by atoms with Crippen LogP contribution in [-0.4, -0.2) is 43.6 Å². The van der Waals surface area contributed by atoms with Crippen LogP contribution in [0.4, 0.5) is 0 Å². The molecule has 0 bridgehead atoms. The third kappa shape index (κ3) is 3.59. The van der Waals surface area contributed by atoms with Crippen molar-refractivity contribution in [1.82, 2.24) is 5.32 Å². The van der Waals surface area contributed by atoms with Crippen molar-refractivity contribution in [3.8, 4) is 11.5 Å². The van der Waals surface area contributed by atoms with E-state index in [2.05, 4.69) is 5.32 Å². The quantitative estimate of drug-likeness (QED) is 0.521. The van der Waals surface area contributed by atoms with Crippen LogP contribution in [0.2, 0.25) is 0 Å². The average molecular weight is 269 g/mol. The zero-order chi connectivity index (χ0) is 14.5. The second-order valence-electron chi connectivity index (χ2n) is 4.27. The molecule has 0 aliphatic carbocycles. The Balaban J connectivity index is 3.11. The summed E-state index contributed by atoms with van der Waals surface area (Å²) in [7, 11) is 2.83. The van der Waals surface area contributed by atoms with Gasteiger partial charge in [-0.25, -0.2) is 4.79 Å². The molecule has 0 aromatic heterocycles. The van der Waals surface area contributed by atoms with Crippen LogP contribution in [0, 0.1) is 0 Å². The molecule has 0 aliphatic heterocycles. The van der Waals surface area contributed by atoms with Crippen molar-refractivity contribution in [2.24, 2.45) is 0 Å². The molecule has 1 aromatic rings. The molecule has 1 rings (SSSR count). The Labute approximate surface area is 112 Å². The third-order valence-electron chi connectivity index (χ3n) is 2.86. The lowest BCUT2D eigenvalue weighted by Crippen LogP contribution is -2.48. The smallest absolute Gasteiger partial charge is 0.330 e. The molecule has 19 heavy (non-hydrogen) atoms. The molecule has 0 saturated carbocycles. The van der Waals surface area contributed by atoms with Crippen LogP contribution < -0.4 is 5.32 Å². The second-order valence-corrected chi connectivity index (χ2v) is 4.27. The average Bonchev–Trinajstić information content (AvgIpc) is 2.36. The molecule has 3 N–H and O–H groups in total. The van der Waals surface area contributed by atoms with Crippen molar-refractivity contribution in [1.29, 1.82) is 0 Å². The molecule has 0 radical (unpaired) electrons. The van der Waals surface area contributed by atoms with Gasteiger partial charge >= 0.3 is 5.97 Å². The predicted octanol–water partition coefficient (Wildman–Crippen LogP) is 0.722. The first-order valence-electron chi connectivity index (χ1n) is 5.80. The lowest BCUT2D eigenvalue weighted by atomic mass is 9.91. The van der Waals surface area contributed by atoms with Gasteiger partial charge < -0.3 is 19.7 Å². The summed E-state index contributed by atoms with van der Waals surface area (Å²) in [6.45, 7) is 2.44. The highest BCUT2D eigenvalue weighted by Crippen LogP contribution is 2.29. The van der Waals surface area contributed by atoms with Gasteiger partial charge in [0, 0.05) is 19.7 Å². The van der Waals surface area contributed by atoms with E-state index in [0.29, 0.717) is 18.7 Å². The molecule has 0 amide bonds. The van der Waals surface area contributed by atoms with Crippen molar-refractivity contribution in [3.05, 3.63) is 23.8 Å². The van der Waals surface area contributed by atoms with Gasteiger partial charge in [-0.1, -0.05) is 0 Å². The molecule has 0 heterocycles. The molecular formula is C13H19NO5. The van der Waals surface area contributed by atoms with Gasteiger partial charge in [-0.05, 0) is 24.6 Å². The van der Waals surface area contributed by atoms with E-state index in [9.17, 15) is 15.0 Å². The third-order valence-corrected chi connectivity index (χ3v) is 2.86. The number of phenolic OH excluding ortho intramolecular Hbond substituents is 2. The number of methoxy groups -OCH3 is 2. The van der Waals surface area contributed by atoms with E-state index in [-0.39, 0.29) is 11.5 Å². The second kappa shape index (κ2) is 6.40. The topological polar surface area (TPSA) is 88.0 Å². The number of carbonyl (C=O) groups excluding carboxylic acids is 1. The fourth-order valence-corrected chi connectivity index (χ4v) is 1.78. The summed E-state index contributed by atoms with van der Waals surface area (Å²) in [5.74, 6) is -0.772. The number of benzene rings is 1. The first kappa shape index (κ1) is 15.3. The Morgan fingerprint density at radius 3 is 2.32 bits per heavy atom. The van der Waals surface area contributed by atoms with Crippen LogP contribution in [0.1, 0.15) is 12.5 Å². The van der Waals surface area contributed by atoms with Gasteiger partial charge in [0.05, 0.1) is 13.7 Å². The Morgan fingerprint density at radius 2 is 1.84 bits per heavy atom. The molecule has 0 saturated heterocycles. The number of rotatable bonds is 6. The van der Waals surface area contributed by atoms with Crippen molar-refractivity contribution >= 4 is 5.97 Å². The van der Waals surface area contributed by atoms with Crippen LogP contribution in [-0.2, 0) is 19.8 Å². The standard InChI is InChI=1S/C13H19NO5/c1-13(12(17)19-3,14-4-5-18-2)9-6-10(15)8-11(16)7-9/h6-8,14-16H,4-5H2,1-3H3. The van der Waals surface area contributed by atoms with Crippen molar-refractivity contribution in [3.63, 3.8) is 0 Å². The van der Waals surface area contributed by atoms with Gasteiger partial charge in [0.25, 0.3) is 0 Å². The number of hydrogen-bond donors (Lipinski definition) is 3. The number of esters is 1. The number of hydrogen-bond acceptors (Lipinski definition) is 6. The first-order chi connectivity index (χ1) is 8.93. The van der Waals surface area contributed by atoms with Gasteiger partial charge in [-0.2, -0.15) is 0 Å². The van der Waals surface area contributed by atoms with Crippen LogP contribution in [0.25, 0.3) is 0 Å². The number of carbonyl (C=O) groups is 1. The molecule has 1 unspecified atom stereocenters. The van der Waals surface area contributed by atoms with E-state index in [4.69, 9.17) is 9.47 Å². The number of aromatic hydroxyl groups is 2. The summed E-state index contributed by atoms with van der Waals surface area (Å²) < 4.78 is 9.70. The Kier molecular flexibility index (Phi) is 5.14. The van der Waals surface area contributed by atoms with E-state index in [1.54, 1.807) is 14.0 Å². The van der Waals surface area contributed by atoms with E-state index in [1.807, 2.05) is 0 Å². The van der Waals surface area contributed by atoms with E-state index in [0.717, 1.165) is 0 Å². The summed E-state index contributed by atoms with van der Waals surface area (Å²) in [6.07, 6.45) is 0. The highest BCUT2D eigenvalue weighted by Gasteiger charge is 2.36. The fraction of sp³-hybridized carbons (Fsp3) is 0.462. The molecule has 0 spiro atoms. The lowest BCUT2D eigenvalue weighted by molar-refractivity contribution is -0.148. The minimum atomic E-state index is -1.18. The summed E-state index contributed by atoms with van der Waals surface area (Å²) in [5, 5.41) is 22.0. The van der Waals surface area contributed by atoms with E-state index in [1.165, 1.54) is 25.3 Å². The number of ether oxygens (including phenoxy) is 2. The van der Waals surface area contributed by atoms with E-state index < -0.39 is 11.5 Å². The highest BCUT2D eigenvalue weighted by atomic mass is 16.5. The van der Waals surface area contributed by atoms with Crippen LogP contribution in [0.5, 0.6) is 11.5 Å². The monoisotopic (exact) mass is 269 g/mol. The van der Waals surface area contributed by atoms with Crippen molar-refractivity contribution < 1.29 is 24.5 Å². The van der Waals surface area contributed by atoms with Crippen LogP contribution >= 0.6 is 0 Å². The summed E-state index contributed by atoms with van der Waals surface area (Å²) >= 11 is 0. The summed E-state index contributed by atoms with van der Waals surface area (Å²) in [4.78, 5) is 12.0. The number of nitrogens with one attached hydrogen (secondary N) is 1. The molecule has 6 heteroatoms. The van der Waals surface area contributed by atoms with Gasteiger partial charge in [0.2, 0.25) is 0 Å². The minimum Gasteiger partial charge on any atom is -0.508 e. The van der Waals surface area contributed by atoms with Crippen molar-refractivity contribution in [2.75, 3.05) is 27.4 Å². The predicted molar refractivity (Wildman–Crippen MR) is 69.0 cm³/mol. The highest BCUT2D eigenvalue weighted by molar-refractivity contribution is 5.82. The minimum absolute atomic E-state index is 0.126. The van der Waals surface area contributed by atoms with Gasteiger partial charge in [-0.15, -0.1) is 0 Å². The Hall–Kier alpha value is -1.79. The Bertz CT molecular complexity index is 428. The Morgan fingerprint density at radius 1 is 1.26 bits per heavy atom. The van der Waals surface area contributed by atoms with Gasteiger partial charge in [-0.3, -0.25) is 5.32 Å². The SMILES string of the molecule is COCCNC(C)(C(=O)OC)c1cc(O)cc(O)c1. The summed E-state index contributed by atoms with van der Waals surface area (Å²) in [5.41, 5.74) is -0.767. The van der Waals surface area contributed by atoms with Crippen LogP contribution in [0.3, 0.4) is 0 Å². The van der Waals surface area contributed by atoms with Gasteiger partial charge in [0.15, 0.2) is 0 Å². The zero-order valence-electron chi connectivity index (χ0n) is 11.3. The molecular weight excluding hydrogens is 250 g/mol. The maximum absolute atomic E-state index is 12.0. The fourth-order valence-electron chi connectivity index (χ4n) is 1.78. The molecule has 6 nitrogen and oxygen atoms in total. The normalized spacial score (nSPS) is 13.8. The molecule has 1 atom stereocenters.